The van der Waals surface area contributed by atoms with Gasteiger partial charge in [0.25, 0.3) is 11.5 Å². The average Bonchev–Trinajstić information content (AvgIpc) is 2.68. The van der Waals surface area contributed by atoms with Crippen LogP contribution in [0.4, 0.5) is 18.9 Å². The van der Waals surface area contributed by atoms with Gasteiger partial charge in [0.15, 0.2) is 0 Å². The number of nitro benzene ring substituents is 1. The van der Waals surface area contributed by atoms with Gasteiger partial charge in [-0.25, -0.2) is 4.79 Å². The quantitative estimate of drug-likeness (QED) is 0.153. The number of nitrogens with zero attached hydrogens (tertiary/aromatic N) is 1. The molecule has 2 rings (SSSR count). The number of ketones is 1. The molecule has 0 unspecified atom stereocenters. The fourth-order valence-corrected chi connectivity index (χ4v) is 2.51. The van der Waals surface area contributed by atoms with Crippen LogP contribution >= 0.6 is 11.6 Å². The number of benzene rings is 2. The number of carbonyl (C=O) groups is 2. The van der Waals surface area contributed by atoms with Crippen LogP contribution in [0, 0.1) is 10.1 Å². The van der Waals surface area contributed by atoms with Crippen molar-refractivity contribution < 1.29 is 42.3 Å². The summed E-state index contributed by atoms with van der Waals surface area (Å²) in [5.74, 6) is -3.80. The Bertz CT molecular complexity index is 1070. The first kappa shape index (κ1) is 23.7. The maximum absolute atomic E-state index is 12.7. The van der Waals surface area contributed by atoms with E-state index in [2.05, 4.69) is 4.74 Å². The monoisotopic (exact) mass is 459 g/mol. The van der Waals surface area contributed by atoms with Gasteiger partial charge in [0.05, 0.1) is 27.7 Å². The van der Waals surface area contributed by atoms with Gasteiger partial charge in [-0.05, 0) is 37.3 Å². The lowest BCUT2D eigenvalue weighted by atomic mass is 10.1. The highest BCUT2D eigenvalue weighted by Crippen LogP contribution is 2.37. The molecule has 1 N–H and O–H groups in total. The third kappa shape index (κ3) is 5.95. The summed E-state index contributed by atoms with van der Waals surface area (Å²) < 4.78 is 48.0. The third-order valence-electron chi connectivity index (χ3n) is 3.67. The normalized spacial score (nSPS) is 11.7. The predicted octanol–water partition coefficient (Wildman–Crippen LogP) is 5.09. The van der Waals surface area contributed by atoms with Crippen LogP contribution in [0.1, 0.15) is 18.1 Å². The summed E-state index contributed by atoms with van der Waals surface area (Å²) in [6.07, 6.45) is -4.18. The zero-order valence-electron chi connectivity index (χ0n) is 15.6. The molecule has 0 saturated heterocycles. The number of halogens is 4. The molecule has 0 atom stereocenters. The minimum Gasteiger partial charge on any atom is -0.507 e. The summed E-state index contributed by atoms with van der Waals surface area (Å²) in [6.45, 7) is 1.35. The van der Waals surface area contributed by atoms with Gasteiger partial charge in [-0.2, -0.15) is 13.2 Å². The van der Waals surface area contributed by atoms with E-state index in [-0.39, 0.29) is 23.1 Å². The first-order valence-electron chi connectivity index (χ1n) is 8.39. The average molecular weight is 460 g/mol. The number of esters is 1. The Kier molecular flexibility index (Phi) is 7.24. The van der Waals surface area contributed by atoms with Crippen LogP contribution in [-0.4, -0.2) is 28.4 Å². The van der Waals surface area contributed by atoms with Gasteiger partial charge in [0, 0.05) is 12.1 Å². The number of carbonyl (C=O) groups excluding carboxylic acids is 2. The molecule has 164 valence electrons. The third-order valence-corrected chi connectivity index (χ3v) is 3.97. The zero-order chi connectivity index (χ0) is 23.3. The minimum atomic E-state index is -4.62. The molecule has 0 amide bonds. The van der Waals surface area contributed by atoms with Crippen LogP contribution in [0.25, 0.3) is 5.76 Å². The van der Waals surface area contributed by atoms with Gasteiger partial charge < -0.3 is 14.6 Å². The molecular formula is C19H13ClF3NO7. The highest BCUT2D eigenvalue weighted by atomic mass is 35.5. The number of hydrogen-bond acceptors (Lipinski definition) is 7. The van der Waals surface area contributed by atoms with E-state index in [1.54, 1.807) is 0 Å². The maximum atomic E-state index is 12.7. The summed E-state index contributed by atoms with van der Waals surface area (Å²) >= 11 is 5.81. The van der Waals surface area contributed by atoms with Crippen molar-refractivity contribution in [3.63, 3.8) is 0 Å². The van der Waals surface area contributed by atoms with E-state index in [0.717, 1.165) is 30.3 Å². The summed E-state index contributed by atoms with van der Waals surface area (Å²) in [5.41, 5.74) is -2.12. The second-order valence-electron chi connectivity index (χ2n) is 5.80. The number of aliphatic hydroxyl groups excluding tert-OH is 1. The van der Waals surface area contributed by atoms with Crippen LogP contribution in [0.3, 0.4) is 0 Å². The molecule has 0 radical (unpaired) electrons. The number of nitro groups is 1. The van der Waals surface area contributed by atoms with Crippen molar-refractivity contribution in [1.29, 1.82) is 0 Å². The van der Waals surface area contributed by atoms with Crippen LogP contribution in [0.5, 0.6) is 11.5 Å². The largest absolute Gasteiger partial charge is 0.507 e. The number of hydrogen-bond donors (Lipinski definition) is 1. The summed E-state index contributed by atoms with van der Waals surface area (Å²) in [7, 11) is 0. The van der Waals surface area contributed by atoms with Gasteiger partial charge in [0.1, 0.15) is 17.3 Å². The van der Waals surface area contributed by atoms with Crippen molar-refractivity contribution in [2.24, 2.45) is 0 Å². The molecule has 0 aliphatic rings. The van der Waals surface area contributed by atoms with Crippen molar-refractivity contribution in [2.45, 2.75) is 13.1 Å². The molecule has 0 spiro atoms. The van der Waals surface area contributed by atoms with Crippen molar-refractivity contribution in [3.05, 3.63) is 68.7 Å². The molecule has 0 aromatic heterocycles. The van der Waals surface area contributed by atoms with Gasteiger partial charge in [-0.1, -0.05) is 11.6 Å². The maximum Gasteiger partial charge on any atom is 0.416 e. The number of ether oxygens (including phenoxy) is 2. The number of aliphatic hydroxyl groups is 1. The molecule has 12 heteroatoms. The molecule has 0 heterocycles. The molecule has 0 saturated carbocycles. The number of rotatable bonds is 7. The predicted molar refractivity (Wildman–Crippen MR) is 102 cm³/mol. The van der Waals surface area contributed by atoms with E-state index >= 15 is 0 Å². The lowest BCUT2D eigenvalue weighted by Crippen LogP contribution is -2.15. The van der Waals surface area contributed by atoms with Crippen LogP contribution < -0.4 is 4.74 Å². The minimum absolute atomic E-state index is 0.101. The molecule has 2 aromatic carbocycles. The Labute approximate surface area is 177 Å². The second-order valence-corrected chi connectivity index (χ2v) is 6.20. The molecular weight excluding hydrogens is 447 g/mol. The summed E-state index contributed by atoms with van der Waals surface area (Å²) in [5, 5.41) is 21.0. The Hall–Kier alpha value is -3.60. The molecule has 2 aromatic rings. The van der Waals surface area contributed by atoms with E-state index < -0.39 is 45.4 Å². The Morgan fingerprint density at radius 3 is 2.45 bits per heavy atom. The van der Waals surface area contributed by atoms with Crippen molar-refractivity contribution in [2.75, 3.05) is 6.61 Å². The highest BCUT2D eigenvalue weighted by Gasteiger charge is 2.31. The van der Waals surface area contributed by atoms with Crippen LogP contribution in [-0.2, 0) is 20.5 Å². The molecule has 0 aliphatic carbocycles. The van der Waals surface area contributed by atoms with Gasteiger partial charge in [0.2, 0.25) is 0 Å². The zero-order valence-corrected chi connectivity index (χ0v) is 16.4. The molecule has 0 bridgehead atoms. The summed E-state index contributed by atoms with van der Waals surface area (Å²) in [6, 6.07) is 5.31. The van der Waals surface area contributed by atoms with Gasteiger partial charge >= 0.3 is 12.1 Å². The molecule has 8 nitrogen and oxygen atoms in total. The van der Waals surface area contributed by atoms with Gasteiger partial charge in [-0.3, -0.25) is 14.9 Å². The highest BCUT2D eigenvalue weighted by molar-refractivity contribution is 6.39. The Morgan fingerprint density at radius 1 is 1.23 bits per heavy atom. The van der Waals surface area contributed by atoms with E-state index in [1.807, 2.05) is 0 Å². The van der Waals surface area contributed by atoms with Crippen LogP contribution in [0.15, 0.2) is 42.5 Å². The standard InChI is InChI=1S/C19H13ClF3NO7/c1-2-30-18(27)16(26)9-15(25)12-8-11(4-5-14(12)24(28)29)31-17-6-3-10(7-13(17)20)19(21,22)23/h3-9,25H,2H2,1H3/b15-9-. The smallest absolute Gasteiger partial charge is 0.416 e. The van der Waals surface area contributed by atoms with Crippen molar-refractivity contribution in [3.8, 4) is 11.5 Å². The fourth-order valence-electron chi connectivity index (χ4n) is 2.29. The second kappa shape index (κ2) is 9.47. The molecule has 0 aliphatic heterocycles. The first-order valence-corrected chi connectivity index (χ1v) is 8.77. The van der Waals surface area contributed by atoms with Gasteiger partial charge in [-0.15, -0.1) is 0 Å². The van der Waals surface area contributed by atoms with Crippen molar-refractivity contribution in [1.82, 2.24) is 0 Å². The molecule has 31 heavy (non-hydrogen) atoms. The Morgan fingerprint density at radius 2 is 1.90 bits per heavy atom. The van der Waals surface area contributed by atoms with E-state index in [4.69, 9.17) is 16.3 Å². The van der Waals surface area contributed by atoms with E-state index in [9.17, 15) is 38.0 Å². The lowest BCUT2D eigenvalue weighted by molar-refractivity contribution is -0.385. The van der Waals surface area contributed by atoms with E-state index in [0.29, 0.717) is 12.1 Å². The first-order chi connectivity index (χ1) is 14.4. The van der Waals surface area contributed by atoms with Crippen LogP contribution in [0.2, 0.25) is 5.02 Å². The topological polar surface area (TPSA) is 116 Å². The number of alkyl halides is 3. The SMILES string of the molecule is CCOC(=O)C(=O)/C=C(\O)c1cc(Oc2ccc(C(F)(F)F)cc2Cl)ccc1[N+](=O)[O-]. The van der Waals surface area contributed by atoms with E-state index in [1.165, 1.54) is 6.92 Å². The lowest BCUT2D eigenvalue weighted by Gasteiger charge is -2.12. The van der Waals surface area contributed by atoms with Crippen molar-refractivity contribution >= 4 is 34.8 Å². The molecule has 0 fully saturated rings. The Balaban J connectivity index is 2.41. The fraction of sp³-hybridized carbons (Fsp3) is 0.158. The summed E-state index contributed by atoms with van der Waals surface area (Å²) in [4.78, 5) is 33.5.